The van der Waals surface area contributed by atoms with E-state index < -0.39 is 8.45 Å². The average molecular weight is 299 g/mol. The summed E-state index contributed by atoms with van der Waals surface area (Å²) in [4.78, 5) is 7.26. The van der Waals surface area contributed by atoms with Crippen LogP contribution in [0.1, 0.15) is 0 Å². The molecule has 7 nitrogen and oxygen atoms in total. The molecule has 0 radical (unpaired) electrons. The Balaban J connectivity index is 2.81. The number of aliphatic imine (C=N–C) groups is 2. The first-order valence-corrected chi connectivity index (χ1v) is 6.56. The predicted molar refractivity (Wildman–Crippen MR) is 81.3 cm³/mol. The Bertz CT molecular complexity index is 483. The number of hydrogen-bond acceptors (Lipinski definition) is 3. The van der Waals surface area contributed by atoms with E-state index in [0.29, 0.717) is 10.8 Å². The lowest BCUT2D eigenvalue weighted by atomic mass is 10.3. The molecule has 0 spiro atoms. The molecule has 0 aromatic heterocycles. The molecule has 0 fully saturated rings. The van der Waals surface area contributed by atoms with Crippen LogP contribution in [0.15, 0.2) is 43.8 Å². The standard InChI is InChI=1S/C10H12ClN6OP/c11-9-3-1-2-4-10(9)18-19(16-7-14-5-12)17-8-15-6-13/h1-8H,(H2,12,14,16)(H2,13,15,17). The number of nitrogens with zero attached hydrogens (tertiary/aromatic N) is 4. The summed E-state index contributed by atoms with van der Waals surface area (Å²) in [5, 5.41) is 0.463. The van der Waals surface area contributed by atoms with Gasteiger partial charge in [0.25, 0.3) is 0 Å². The topological polar surface area (TPSA) is 111 Å². The van der Waals surface area contributed by atoms with Gasteiger partial charge in [-0.05, 0) is 12.1 Å². The first kappa shape index (κ1) is 15.1. The highest BCUT2D eigenvalue weighted by Crippen LogP contribution is 2.42. The Morgan fingerprint density at radius 1 is 1.05 bits per heavy atom. The van der Waals surface area contributed by atoms with Gasteiger partial charge in [0.15, 0.2) is 0 Å². The molecule has 0 aliphatic carbocycles. The van der Waals surface area contributed by atoms with Gasteiger partial charge < -0.3 is 16.0 Å². The zero-order chi connectivity index (χ0) is 13.9. The summed E-state index contributed by atoms with van der Waals surface area (Å²) in [5.74, 6) is 0.470. The molecule has 100 valence electrons. The molecule has 0 amide bonds. The van der Waals surface area contributed by atoms with Crippen LogP contribution in [0.5, 0.6) is 5.75 Å². The third-order valence-electron chi connectivity index (χ3n) is 1.62. The fourth-order valence-corrected chi connectivity index (χ4v) is 1.92. The van der Waals surface area contributed by atoms with Crippen molar-refractivity contribution >= 4 is 45.4 Å². The van der Waals surface area contributed by atoms with Crippen molar-refractivity contribution in [3.05, 3.63) is 29.3 Å². The van der Waals surface area contributed by atoms with Gasteiger partial charge in [-0.2, -0.15) is 9.53 Å². The molecule has 1 aromatic carbocycles. The molecular weight excluding hydrogens is 287 g/mol. The Morgan fingerprint density at radius 2 is 1.63 bits per heavy atom. The highest BCUT2D eigenvalue weighted by atomic mass is 35.5. The fourth-order valence-electron chi connectivity index (χ4n) is 0.909. The van der Waals surface area contributed by atoms with Crippen LogP contribution < -0.4 is 16.0 Å². The molecule has 0 unspecified atom stereocenters. The lowest BCUT2D eigenvalue weighted by molar-refractivity contribution is 0.616. The molecule has 0 saturated carbocycles. The summed E-state index contributed by atoms with van der Waals surface area (Å²) >= 11 is 5.97. The summed E-state index contributed by atoms with van der Waals surface area (Å²) in [5.41, 5.74) is 10.2. The Kier molecular flexibility index (Phi) is 7.16. The molecule has 0 saturated heterocycles. The summed E-state index contributed by atoms with van der Waals surface area (Å²) < 4.78 is 13.5. The highest BCUT2D eigenvalue weighted by Gasteiger charge is 2.09. The van der Waals surface area contributed by atoms with Crippen LogP contribution in [-0.4, -0.2) is 25.4 Å². The second-order valence-corrected chi connectivity index (χ2v) is 4.39. The maximum Gasteiger partial charge on any atom is 0.353 e. The van der Waals surface area contributed by atoms with Crippen molar-refractivity contribution in [3.63, 3.8) is 0 Å². The second-order valence-electron chi connectivity index (χ2n) is 2.83. The van der Waals surface area contributed by atoms with Crippen LogP contribution in [0.4, 0.5) is 0 Å². The third kappa shape index (κ3) is 5.94. The van der Waals surface area contributed by atoms with E-state index >= 15 is 0 Å². The average Bonchev–Trinajstić information content (AvgIpc) is 2.41. The molecular formula is C10H12ClN6OP. The van der Waals surface area contributed by atoms with Crippen molar-refractivity contribution in [1.82, 2.24) is 0 Å². The molecule has 0 aliphatic heterocycles. The lowest BCUT2D eigenvalue weighted by Crippen LogP contribution is -1.90. The summed E-state index contributed by atoms with van der Waals surface area (Å²) in [6.45, 7) is 0. The number of halogens is 1. The van der Waals surface area contributed by atoms with Crippen LogP contribution in [0.2, 0.25) is 5.02 Å². The molecule has 0 atom stereocenters. The van der Waals surface area contributed by atoms with Crippen LogP contribution in [-0.2, 0) is 0 Å². The van der Waals surface area contributed by atoms with Crippen LogP contribution in [0.3, 0.4) is 0 Å². The normalized spacial score (nSPS) is 13.9. The van der Waals surface area contributed by atoms with Crippen molar-refractivity contribution < 1.29 is 4.52 Å². The minimum Gasteiger partial charge on any atom is -0.433 e. The highest BCUT2D eigenvalue weighted by molar-refractivity contribution is 7.50. The smallest absolute Gasteiger partial charge is 0.353 e. The number of nitrogens with two attached hydrogens (primary N) is 2. The third-order valence-corrected chi connectivity index (χ3v) is 2.90. The minimum atomic E-state index is -1.56. The van der Waals surface area contributed by atoms with E-state index in [9.17, 15) is 0 Å². The van der Waals surface area contributed by atoms with Gasteiger partial charge in [0, 0.05) is 0 Å². The van der Waals surface area contributed by atoms with Crippen LogP contribution in [0.25, 0.3) is 0 Å². The molecule has 0 bridgehead atoms. The zero-order valence-corrected chi connectivity index (χ0v) is 11.4. The predicted octanol–water partition coefficient (Wildman–Crippen LogP) is 1.98. The Morgan fingerprint density at radius 3 is 2.16 bits per heavy atom. The second kappa shape index (κ2) is 9.02. The molecule has 0 aliphatic rings. The van der Waals surface area contributed by atoms with Crippen molar-refractivity contribution in [2.24, 2.45) is 31.0 Å². The molecule has 4 N–H and O–H groups in total. The maximum atomic E-state index is 5.97. The molecule has 1 rings (SSSR count). The van der Waals surface area contributed by atoms with Crippen molar-refractivity contribution in [1.29, 1.82) is 0 Å². The monoisotopic (exact) mass is 298 g/mol. The summed E-state index contributed by atoms with van der Waals surface area (Å²) in [6.07, 6.45) is 4.70. The van der Waals surface area contributed by atoms with Gasteiger partial charge in [0.1, 0.15) is 18.4 Å². The minimum absolute atomic E-state index is 0.463. The molecule has 9 heteroatoms. The summed E-state index contributed by atoms with van der Waals surface area (Å²) in [6, 6.07) is 6.99. The van der Waals surface area contributed by atoms with E-state index in [1.54, 1.807) is 24.3 Å². The first-order chi connectivity index (χ1) is 9.27. The number of hydrogen-bond donors (Lipinski definition) is 2. The van der Waals surface area contributed by atoms with Gasteiger partial charge in [-0.1, -0.05) is 23.7 Å². The maximum absolute atomic E-state index is 5.97. The van der Waals surface area contributed by atoms with Gasteiger partial charge in [0.05, 0.1) is 17.7 Å². The number of para-hydroxylation sites is 1. The zero-order valence-electron chi connectivity index (χ0n) is 9.80. The van der Waals surface area contributed by atoms with E-state index in [4.69, 9.17) is 27.6 Å². The van der Waals surface area contributed by atoms with Gasteiger partial charge in [-0.25, -0.2) is 9.98 Å². The number of rotatable bonds is 6. The molecule has 0 heterocycles. The lowest BCUT2D eigenvalue weighted by Gasteiger charge is -2.08. The van der Waals surface area contributed by atoms with Gasteiger partial charge in [-0.3, -0.25) is 0 Å². The van der Waals surface area contributed by atoms with Crippen LogP contribution >= 0.6 is 20.1 Å². The van der Waals surface area contributed by atoms with Gasteiger partial charge >= 0.3 is 8.45 Å². The number of benzene rings is 1. The van der Waals surface area contributed by atoms with Gasteiger partial charge in [0.2, 0.25) is 0 Å². The quantitative estimate of drug-likeness (QED) is 0.476. The fraction of sp³-hybridized carbons (Fsp3) is 0. The van der Waals surface area contributed by atoms with E-state index in [1.807, 2.05) is 0 Å². The van der Waals surface area contributed by atoms with E-state index in [0.717, 1.165) is 12.7 Å². The van der Waals surface area contributed by atoms with E-state index in [2.05, 4.69) is 19.5 Å². The molecule has 19 heavy (non-hydrogen) atoms. The van der Waals surface area contributed by atoms with Crippen molar-refractivity contribution in [3.8, 4) is 5.75 Å². The van der Waals surface area contributed by atoms with Gasteiger partial charge in [-0.15, -0.1) is 0 Å². The van der Waals surface area contributed by atoms with Crippen molar-refractivity contribution in [2.75, 3.05) is 0 Å². The van der Waals surface area contributed by atoms with Crippen LogP contribution in [0, 0.1) is 0 Å². The van der Waals surface area contributed by atoms with Crippen molar-refractivity contribution in [2.45, 2.75) is 0 Å². The Hall–Kier alpha value is -1.98. The first-order valence-electron chi connectivity index (χ1n) is 5.02. The van der Waals surface area contributed by atoms with E-state index in [1.165, 1.54) is 12.7 Å². The SMILES string of the molecule is NC=N/C=N/P(/N=C/N=CN)Oc1ccccc1Cl. The largest absolute Gasteiger partial charge is 0.433 e. The van der Waals surface area contributed by atoms with E-state index in [-0.39, 0.29) is 0 Å². The molecule has 1 aromatic rings. The Labute approximate surface area is 116 Å². The summed E-state index contributed by atoms with van der Waals surface area (Å²) in [7, 11) is -1.56.